The van der Waals surface area contributed by atoms with Crippen molar-refractivity contribution in [2.24, 2.45) is 0 Å². The number of aromatic hydroxyl groups is 1. The van der Waals surface area contributed by atoms with Gasteiger partial charge in [0.05, 0.1) is 5.69 Å². The molecule has 0 aliphatic rings. The van der Waals surface area contributed by atoms with E-state index >= 15 is 0 Å². The number of rotatable bonds is 1. The molecule has 2 heteroatoms. The van der Waals surface area contributed by atoms with Crippen LogP contribution in [0.15, 0.2) is 30.3 Å². The molecule has 0 radical (unpaired) electrons. The van der Waals surface area contributed by atoms with Gasteiger partial charge in [0.25, 0.3) is 0 Å². The Labute approximate surface area is 89.8 Å². The van der Waals surface area contributed by atoms with Gasteiger partial charge in [0.15, 0.2) is 0 Å². The summed E-state index contributed by atoms with van der Waals surface area (Å²) in [5.41, 5.74) is 1.81. The minimum Gasteiger partial charge on any atom is -0.505 e. The third-order valence-electron chi connectivity index (χ3n) is 2.63. The normalized spacial score (nSPS) is 10.6. The van der Waals surface area contributed by atoms with E-state index in [4.69, 9.17) is 0 Å². The topological polar surface area (TPSA) is 23.5 Å². The molecule has 0 heterocycles. The average molecular weight is 201 g/mol. The molecule has 0 saturated heterocycles. The molecule has 0 spiro atoms. The van der Waals surface area contributed by atoms with Crippen molar-refractivity contribution in [1.82, 2.24) is 0 Å². The Kier molecular flexibility index (Phi) is 2.27. The highest BCUT2D eigenvalue weighted by Gasteiger charge is 2.11. The summed E-state index contributed by atoms with van der Waals surface area (Å²) in [6.07, 6.45) is 0. The standard InChI is InChI=1S/C13H15NO/c1-9-8-10-6-4-5-7-11(10)12(13(9)15)14(2)3/h4-8,15H,1-3H3. The Balaban J connectivity index is 2.89. The Morgan fingerprint density at radius 1 is 1.13 bits per heavy atom. The largest absolute Gasteiger partial charge is 0.505 e. The minimum absolute atomic E-state index is 0.374. The summed E-state index contributed by atoms with van der Waals surface area (Å²) in [5, 5.41) is 12.3. The zero-order chi connectivity index (χ0) is 11.0. The lowest BCUT2D eigenvalue weighted by molar-refractivity contribution is 0.472. The first-order valence-electron chi connectivity index (χ1n) is 5.00. The van der Waals surface area contributed by atoms with E-state index in [-0.39, 0.29) is 0 Å². The molecule has 2 aromatic carbocycles. The quantitative estimate of drug-likeness (QED) is 0.766. The number of hydrogen-bond donors (Lipinski definition) is 1. The van der Waals surface area contributed by atoms with Gasteiger partial charge in [-0.05, 0) is 23.9 Å². The van der Waals surface area contributed by atoms with Crippen LogP contribution in [0, 0.1) is 6.92 Å². The number of fused-ring (bicyclic) bond motifs is 1. The van der Waals surface area contributed by atoms with Crippen LogP contribution >= 0.6 is 0 Å². The Morgan fingerprint density at radius 3 is 2.47 bits per heavy atom. The summed E-state index contributed by atoms with van der Waals surface area (Å²) < 4.78 is 0. The number of benzene rings is 2. The fraction of sp³-hybridized carbons (Fsp3) is 0.231. The fourth-order valence-electron chi connectivity index (χ4n) is 1.91. The summed E-state index contributed by atoms with van der Waals surface area (Å²) >= 11 is 0. The van der Waals surface area contributed by atoms with E-state index in [2.05, 4.69) is 6.07 Å². The van der Waals surface area contributed by atoms with Crippen LogP contribution in [0.25, 0.3) is 10.8 Å². The first-order chi connectivity index (χ1) is 7.11. The molecule has 0 aromatic heterocycles. The van der Waals surface area contributed by atoms with Gasteiger partial charge in [-0.3, -0.25) is 0 Å². The number of anilines is 1. The second-order valence-electron chi connectivity index (χ2n) is 4.01. The van der Waals surface area contributed by atoms with Crippen molar-refractivity contribution in [3.05, 3.63) is 35.9 Å². The maximum atomic E-state index is 10.0. The first-order valence-corrected chi connectivity index (χ1v) is 5.00. The Hall–Kier alpha value is -1.70. The van der Waals surface area contributed by atoms with Crippen LogP contribution in [-0.2, 0) is 0 Å². The van der Waals surface area contributed by atoms with Crippen LogP contribution in [0.4, 0.5) is 5.69 Å². The summed E-state index contributed by atoms with van der Waals surface area (Å²) in [6.45, 7) is 1.93. The SMILES string of the molecule is Cc1cc2ccccc2c(N(C)C)c1O. The molecule has 15 heavy (non-hydrogen) atoms. The predicted molar refractivity (Wildman–Crippen MR) is 64.7 cm³/mol. The summed E-state index contributed by atoms with van der Waals surface area (Å²) in [7, 11) is 3.89. The van der Waals surface area contributed by atoms with Crippen molar-refractivity contribution < 1.29 is 5.11 Å². The molecule has 78 valence electrons. The maximum Gasteiger partial charge on any atom is 0.142 e. The van der Waals surface area contributed by atoms with E-state index < -0.39 is 0 Å². The van der Waals surface area contributed by atoms with E-state index in [9.17, 15) is 5.11 Å². The van der Waals surface area contributed by atoms with Gasteiger partial charge in [0.1, 0.15) is 5.75 Å². The fourth-order valence-corrected chi connectivity index (χ4v) is 1.91. The van der Waals surface area contributed by atoms with Crippen LogP contribution in [0.1, 0.15) is 5.56 Å². The van der Waals surface area contributed by atoms with Gasteiger partial charge in [-0.2, -0.15) is 0 Å². The molecule has 2 rings (SSSR count). The number of hydrogen-bond acceptors (Lipinski definition) is 2. The molecule has 1 N–H and O–H groups in total. The lowest BCUT2D eigenvalue weighted by Gasteiger charge is -2.18. The molecule has 0 atom stereocenters. The lowest BCUT2D eigenvalue weighted by Crippen LogP contribution is -2.09. The second kappa shape index (κ2) is 3.46. The number of phenolic OH excluding ortho intramolecular Hbond substituents is 1. The summed E-state index contributed by atoms with van der Waals surface area (Å²) in [5.74, 6) is 0.374. The second-order valence-corrected chi connectivity index (χ2v) is 4.01. The molecule has 0 fully saturated rings. The van der Waals surface area contributed by atoms with E-state index in [0.29, 0.717) is 5.75 Å². The van der Waals surface area contributed by atoms with E-state index in [1.807, 2.05) is 50.2 Å². The van der Waals surface area contributed by atoms with E-state index in [1.165, 1.54) is 0 Å². The average Bonchev–Trinajstić information content (AvgIpc) is 2.19. The van der Waals surface area contributed by atoms with Gasteiger partial charge in [0.2, 0.25) is 0 Å². The highest BCUT2D eigenvalue weighted by molar-refractivity contribution is 5.98. The maximum absolute atomic E-state index is 10.0. The molecule has 0 aliphatic heterocycles. The van der Waals surface area contributed by atoms with Crippen molar-refractivity contribution in [1.29, 1.82) is 0 Å². The van der Waals surface area contributed by atoms with Gasteiger partial charge in [-0.1, -0.05) is 24.3 Å². The van der Waals surface area contributed by atoms with Gasteiger partial charge in [-0.15, -0.1) is 0 Å². The zero-order valence-corrected chi connectivity index (χ0v) is 9.28. The molecule has 0 saturated carbocycles. The van der Waals surface area contributed by atoms with E-state index in [0.717, 1.165) is 22.0 Å². The highest BCUT2D eigenvalue weighted by Crippen LogP contribution is 2.37. The monoisotopic (exact) mass is 201 g/mol. The molecule has 0 unspecified atom stereocenters. The van der Waals surface area contributed by atoms with Crippen molar-refractivity contribution in [2.45, 2.75) is 6.92 Å². The van der Waals surface area contributed by atoms with Gasteiger partial charge in [-0.25, -0.2) is 0 Å². The number of phenols is 1. The van der Waals surface area contributed by atoms with E-state index in [1.54, 1.807) is 0 Å². The van der Waals surface area contributed by atoms with Crippen LogP contribution in [0.2, 0.25) is 0 Å². The highest BCUT2D eigenvalue weighted by atomic mass is 16.3. The number of nitrogens with zero attached hydrogens (tertiary/aromatic N) is 1. The Morgan fingerprint density at radius 2 is 1.80 bits per heavy atom. The first kappa shape index (κ1) is 9.84. The van der Waals surface area contributed by atoms with Crippen LogP contribution < -0.4 is 4.90 Å². The third-order valence-corrected chi connectivity index (χ3v) is 2.63. The lowest BCUT2D eigenvalue weighted by atomic mass is 10.0. The zero-order valence-electron chi connectivity index (χ0n) is 9.28. The molecule has 2 nitrogen and oxygen atoms in total. The molecular weight excluding hydrogens is 186 g/mol. The van der Waals surface area contributed by atoms with Gasteiger partial charge >= 0.3 is 0 Å². The van der Waals surface area contributed by atoms with Crippen LogP contribution in [-0.4, -0.2) is 19.2 Å². The smallest absolute Gasteiger partial charge is 0.142 e. The predicted octanol–water partition coefficient (Wildman–Crippen LogP) is 2.92. The third kappa shape index (κ3) is 1.52. The van der Waals surface area contributed by atoms with Crippen molar-refractivity contribution in [2.75, 3.05) is 19.0 Å². The minimum atomic E-state index is 0.374. The Bertz CT molecular complexity index is 503. The van der Waals surface area contributed by atoms with Crippen molar-refractivity contribution in [3.63, 3.8) is 0 Å². The molecule has 0 amide bonds. The van der Waals surface area contributed by atoms with Gasteiger partial charge in [0, 0.05) is 19.5 Å². The van der Waals surface area contributed by atoms with Gasteiger partial charge < -0.3 is 10.0 Å². The molecular formula is C13H15NO. The van der Waals surface area contributed by atoms with Crippen molar-refractivity contribution >= 4 is 16.5 Å². The molecule has 0 aliphatic carbocycles. The molecule has 0 bridgehead atoms. The molecule has 2 aromatic rings. The number of aryl methyl sites for hydroxylation is 1. The van der Waals surface area contributed by atoms with Crippen LogP contribution in [0.5, 0.6) is 5.75 Å². The van der Waals surface area contributed by atoms with Crippen LogP contribution in [0.3, 0.4) is 0 Å². The summed E-state index contributed by atoms with van der Waals surface area (Å²) in [4.78, 5) is 1.95. The summed E-state index contributed by atoms with van der Waals surface area (Å²) in [6, 6.07) is 10.1. The van der Waals surface area contributed by atoms with Crippen molar-refractivity contribution in [3.8, 4) is 5.75 Å².